The molecular weight excluding hydrogens is 426 g/mol. The van der Waals surface area contributed by atoms with Crippen molar-refractivity contribution in [2.75, 3.05) is 5.75 Å². The van der Waals surface area contributed by atoms with Crippen molar-refractivity contribution in [2.45, 2.75) is 23.9 Å². The van der Waals surface area contributed by atoms with Crippen molar-refractivity contribution in [1.82, 2.24) is 15.6 Å². The monoisotopic (exact) mass is 445 g/mol. The molecule has 150 valence electrons. The Morgan fingerprint density at radius 2 is 1.86 bits per heavy atom. The van der Waals surface area contributed by atoms with E-state index in [-0.39, 0.29) is 17.6 Å². The van der Waals surface area contributed by atoms with Gasteiger partial charge in [-0.3, -0.25) is 9.59 Å². The molecule has 0 spiro atoms. The van der Waals surface area contributed by atoms with E-state index in [4.69, 9.17) is 11.6 Å². The molecule has 1 heterocycles. The maximum Gasteiger partial charge on any atom is 0.243 e. The van der Waals surface area contributed by atoms with Crippen molar-refractivity contribution >= 4 is 46.5 Å². The second kappa shape index (κ2) is 11.0. The van der Waals surface area contributed by atoms with Gasteiger partial charge in [-0.2, -0.15) is 0 Å². The number of nitrogens with zero attached hydrogens (tertiary/aromatic N) is 1. The summed E-state index contributed by atoms with van der Waals surface area (Å²) in [4.78, 5) is 30.3. The van der Waals surface area contributed by atoms with Crippen LogP contribution in [0.5, 0.6) is 0 Å². The number of hydrogen-bond acceptors (Lipinski definition) is 5. The molecule has 2 N–H and O–H groups in total. The van der Waals surface area contributed by atoms with Crippen LogP contribution >= 0.6 is 34.7 Å². The minimum absolute atomic E-state index is 0.208. The maximum absolute atomic E-state index is 12.7. The zero-order chi connectivity index (χ0) is 20.5. The normalized spacial score (nSPS) is 11.6. The number of benzene rings is 2. The third kappa shape index (κ3) is 7.20. The van der Waals surface area contributed by atoms with Crippen LogP contribution in [0.15, 0.2) is 70.4 Å². The number of rotatable bonds is 9. The molecule has 0 saturated heterocycles. The summed E-state index contributed by atoms with van der Waals surface area (Å²) in [5.74, 6) is -0.229. The highest BCUT2D eigenvalue weighted by atomic mass is 35.5. The van der Waals surface area contributed by atoms with E-state index in [9.17, 15) is 9.59 Å². The second-order valence-corrected chi connectivity index (χ2v) is 8.45. The van der Waals surface area contributed by atoms with Crippen molar-refractivity contribution in [3.63, 3.8) is 0 Å². The van der Waals surface area contributed by atoms with Gasteiger partial charge in [0.05, 0.1) is 17.0 Å². The van der Waals surface area contributed by atoms with Gasteiger partial charge in [0.2, 0.25) is 11.8 Å². The highest BCUT2D eigenvalue weighted by molar-refractivity contribution is 8.00. The van der Waals surface area contributed by atoms with Crippen LogP contribution in [0.1, 0.15) is 11.3 Å². The molecule has 0 bridgehead atoms. The first-order chi connectivity index (χ1) is 14.1. The van der Waals surface area contributed by atoms with E-state index in [1.54, 1.807) is 17.6 Å². The summed E-state index contributed by atoms with van der Waals surface area (Å²) in [6.45, 7) is 0.405. The lowest BCUT2D eigenvalue weighted by Gasteiger charge is -2.18. The average molecular weight is 446 g/mol. The minimum Gasteiger partial charge on any atom is -0.350 e. The standard InChI is InChI=1S/C21H20ClN3O2S2/c22-16-6-8-18(9-7-16)29-13-20(26)25-19(10-17-12-28-14-24-17)21(27)23-11-15-4-2-1-3-5-15/h1-9,12,14,19H,10-11,13H2,(H,23,27)(H,25,26). The minimum atomic E-state index is -0.681. The molecule has 0 aliphatic rings. The molecule has 1 atom stereocenters. The lowest BCUT2D eigenvalue weighted by Crippen LogP contribution is -2.48. The van der Waals surface area contributed by atoms with Crippen LogP contribution in [-0.2, 0) is 22.6 Å². The predicted octanol–water partition coefficient (Wildman–Crippen LogP) is 3.93. The summed E-state index contributed by atoms with van der Waals surface area (Å²) >= 11 is 8.74. The summed E-state index contributed by atoms with van der Waals surface area (Å²) in [5, 5.41) is 8.27. The van der Waals surface area contributed by atoms with Crippen molar-refractivity contribution < 1.29 is 9.59 Å². The third-order valence-electron chi connectivity index (χ3n) is 4.04. The van der Waals surface area contributed by atoms with E-state index in [1.807, 2.05) is 47.8 Å². The van der Waals surface area contributed by atoms with Crippen molar-refractivity contribution in [3.05, 3.63) is 81.8 Å². The molecule has 2 amide bonds. The summed E-state index contributed by atoms with van der Waals surface area (Å²) in [5.41, 5.74) is 3.49. The van der Waals surface area contributed by atoms with Gasteiger partial charge >= 0.3 is 0 Å². The van der Waals surface area contributed by atoms with Crippen LogP contribution in [0.3, 0.4) is 0 Å². The molecule has 3 rings (SSSR count). The van der Waals surface area contributed by atoms with E-state index in [0.717, 1.165) is 16.2 Å². The molecule has 0 saturated carbocycles. The van der Waals surface area contributed by atoms with Crippen molar-refractivity contribution in [2.24, 2.45) is 0 Å². The quantitative estimate of drug-likeness (QED) is 0.489. The Morgan fingerprint density at radius 1 is 1.10 bits per heavy atom. The smallest absolute Gasteiger partial charge is 0.243 e. The maximum atomic E-state index is 12.7. The molecule has 0 radical (unpaired) electrons. The Morgan fingerprint density at radius 3 is 2.55 bits per heavy atom. The number of hydrogen-bond donors (Lipinski definition) is 2. The zero-order valence-electron chi connectivity index (χ0n) is 15.5. The van der Waals surface area contributed by atoms with Gasteiger partial charge in [0, 0.05) is 28.3 Å². The van der Waals surface area contributed by atoms with Gasteiger partial charge in [-0.1, -0.05) is 41.9 Å². The SMILES string of the molecule is O=C(CSc1ccc(Cl)cc1)NC(Cc1cscn1)C(=O)NCc1ccccc1. The lowest BCUT2D eigenvalue weighted by atomic mass is 10.1. The van der Waals surface area contributed by atoms with Gasteiger partial charge < -0.3 is 10.6 Å². The van der Waals surface area contributed by atoms with Crippen LogP contribution in [0, 0.1) is 0 Å². The third-order valence-corrected chi connectivity index (χ3v) is 5.94. The Hall–Kier alpha value is -2.35. The summed E-state index contributed by atoms with van der Waals surface area (Å²) in [6.07, 6.45) is 0.349. The Labute approximate surface area is 182 Å². The second-order valence-electron chi connectivity index (χ2n) is 6.25. The molecule has 29 heavy (non-hydrogen) atoms. The van der Waals surface area contributed by atoms with Crippen LogP contribution in [0.25, 0.3) is 0 Å². The van der Waals surface area contributed by atoms with Crippen molar-refractivity contribution in [1.29, 1.82) is 0 Å². The van der Waals surface area contributed by atoms with Crippen LogP contribution < -0.4 is 10.6 Å². The summed E-state index contributed by atoms with van der Waals surface area (Å²) in [6, 6.07) is 16.3. The van der Waals surface area contributed by atoms with Gasteiger partial charge in [0.1, 0.15) is 6.04 Å². The fourth-order valence-electron chi connectivity index (χ4n) is 2.58. The lowest BCUT2D eigenvalue weighted by molar-refractivity contribution is -0.128. The number of nitrogens with one attached hydrogen (secondary N) is 2. The van der Waals surface area contributed by atoms with Crippen molar-refractivity contribution in [3.8, 4) is 0 Å². The fourth-order valence-corrected chi connectivity index (χ4v) is 3.99. The van der Waals surface area contributed by atoms with Crippen LogP contribution in [-0.4, -0.2) is 28.6 Å². The number of halogens is 1. The highest BCUT2D eigenvalue weighted by Gasteiger charge is 2.22. The number of carbonyl (C=O) groups excluding carboxylic acids is 2. The van der Waals surface area contributed by atoms with Gasteiger partial charge in [-0.05, 0) is 29.8 Å². The molecule has 5 nitrogen and oxygen atoms in total. The first-order valence-corrected chi connectivity index (χ1v) is 11.3. The molecule has 0 fully saturated rings. The van der Waals surface area contributed by atoms with Gasteiger partial charge in [-0.25, -0.2) is 4.98 Å². The summed E-state index contributed by atoms with van der Waals surface area (Å²) in [7, 11) is 0. The number of amides is 2. The van der Waals surface area contributed by atoms with Gasteiger partial charge in [0.15, 0.2) is 0 Å². The highest BCUT2D eigenvalue weighted by Crippen LogP contribution is 2.20. The van der Waals surface area contributed by atoms with E-state index in [2.05, 4.69) is 15.6 Å². The molecule has 3 aromatic rings. The first-order valence-electron chi connectivity index (χ1n) is 8.96. The molecular formula is C21H20ClN3O2S2. The Balaban J connectivity index is 1.57. The Kier molecular flexibility index (Phi) is 8.10. The average Bonchev–Trinajstić information content (AvgIpc) is 3.25. The van der Waals surface area contributed by atoms with E-state index < -0.39 is 6.04 Å². The van der Waals surface area contributed by atoms with Crippen LogP contribution in [0.4, 0.5) is 0 Å². The fraction of sp³-hybridized carbons (Fsp3) is 0.190. The zero-order valence-corrected chi connectivity index (χ0v) is 17.9. The topological polar surface area (TPSA) is 71.1 Å². The molecule has 1 unspecified atom stereocenters. The molecule has 0 aliphatic heterocycles. The molecule has 1 aromatic heterocycles. The van der Waals surface area contributed by atoms with Gasteiger partial charge in [0.25, 0.3) is 0 Å². The first kappa shape index (κ1) is 21.4. The Bertz CT molecular complexity index is 919. The molecule has 0 aliphatic carbocycles. The number of carbonyl (C=O) groups is 2. The van der Waals surface area contributed by atoms with E-state index >= 15 is 0 Å². The van der Waals surface area contributed by atoms with Crippen LogP contribution in [0.2, 0.25) is 5.02 Å². The summed E-state index contributed by atoms with van der Waals surface area (Å²) < 4.78 is 0. The molecule has 2 aromatic carbocycles. The largest absolute Gasteiger partial charge is 0.350 e. The number of thiazole rings is 1. The number of thioether (sulfide) groups is 1. The van der Waals surface area contributed by atoms with E-state index in [0.29, 0.717) is 18.0 Å². The molecule has 8 heteroatoms. The number of aromatic nitrogens is 1. The predicted molar refractivity (Wildman–Crippen MR) is 118 cm³/mol. The van der Waals surface area contributed by atoms with E-state index in [1.165, 1.54) is 23.1 Å². The van der Waals surface area contributed by atoms with Gasteiger partial charge in [-0.15, -0.1) is 23.1 Å².